The van der Waals surface area contributed by atoms with Crippen molar-refractivity contribution < 1.29 is 0 Å². The highest BCUT2D eigenvalue weighted by Crippen LogP contribution is 2.55. The van der Waals surface area contributed by atoms with E-state index in [0.717, 1.165) is 5.57 Å². The van der Waals surface area contributed by atoms with Gasteiger partial charge in [0, 0.05) is 24.9 Å². The van der Waals surface area contributed by atoms with E-state index in [2.05, 4.69) is 23.5 Å². The molecule has 0 amide bonds. The molecule has 25 heavy (non-hydrogen) atoms. The molecule has 0 aromatic heterocycles. The van der Waals surface area contributed by atoms with Gasteiger partial charge in [-0.05, 0) is 17.2 Å². The van der Waals surface area contributed by atoms with Gasteiger partial charge in [0.2, 0.25) is 0 Å². The topological polar surface area (TPSA) is 109 Å². The van der Waals surface area contributed by atoms with Crippen LogP contribution in [0.1, 0.15) is 11.5 Å². The van der Waals surface area contributed by atoms with E-state index >= 15 is 0 Å². The Bertz CT molecular complexity index is 912. The summed E-state index contributed by atoms with van der Waals surface area (Å²) in [4.78, 5) is 0. The molecular weight excluding hydrogens is 357 g/mol. The number of hydrogen-bond donors (Lipinski definition) is 2. The quantitative estimate of drug-likeness (QED) is 0.790. The molecule has 3 rings (SSSR count). The average molecular weight is 370 g/mol. The van der Waals surface area contributed by atoms with Crippen molar-refractivity contribution >= 4 is 23.2 Å². The van der Waals surface area contributed by atoms with Crippen molar-refractivity contribution in [3.8, 4) is 18.2 Å². The maximum Gasteiger partial charge on any atom is 0.191 e. The summed E-state index contributed by atoms with van der Waals surface area (Å²) < 4.78 is 0. The molecular formula is C18H13Cl2N5. The first-order valence-electron chi connectivity index (χ1n) is 7.59. The summed E-state index contributed by atoms with van der Waals surface area (Å²) >= 11 is 12.6. The second-order valence-electron chi connectivity index (χ2n) is 5.98. The van der Waals surface area contributed by atoms with Gasteiger partial charge in [0.05, 0.1) is 33.5 Å². The van der Waals surface area contributed by atoms with Crippen molar-refractivity contribution in [1.82, 2.24) is 5.32 Å². The number of allylic oxidation sites excluding steroid dienone is 2. The molecule has 0 spiro atoms. The third-order valence-electron chi connectivity index (χ3n) is 4.86. The van der Waals surface area contributed by atoms with Crippen LogP contribution in [0.2, 0.25) is 10.0 Å². The van der Waals surface area contributed by atoms with Gasteiger partial charge in [-0.3, -0.25) is 0 Å². The SMILES string of the molecule is N#CC1=C(N)C(C#N)(C#N)[C@H](c2cccc(Cl)c2Cl)[C@@H]2CNCC=C12. The monoisotopic (exact) mass is 369 g/mol. The first kappa shape index (κ1) is 17.3. The van der Waals surface area contributed by atoms with Crippen molar-refractivity contribution in [2.75, 3.05) is 13.1 Å². The number of hydrogen-bond acceptors (Lipinski definition) is 5. The van der Waals surface area contributed by atoms with E-state index in [1.807, 2.05) is 6.08 Å². The third-order valence-corrected chi connectivity index (χ3v) is 5.70. The molecule has 1 heterocycles. The lowest BCUT2D eigenvalue weighted by Gasteiger charge is -2.43. The number of rotatable bonds is 1. The summed E-state index contributed by atoms with van der Waals surface area (Å²) in [6.07, 6.45) is 1.88. The Balaban J connectivity index is 2.38. The number of nitriles is 3. The summed E-state index contributed by atoms with van der Waals surface area (Å²) in [6.45, 7) is 1.09. The highest BCUT2D eigenvalue weighted by atomic mass is 35.5. The first-order chi connectivity index (χ1) is 12.0. The smallest absolute Gasteiger partial charge is 0.191 e. The molecule has 7 heteroatoms. The lowest BCUT2D eigenvalue weighted by Crippen LogP contribution is -2.47. The number of benzene rings is 1. The van der Waals surface area contributed by atoms with E-state index in [9.17, 15) is 15.8 Å². The molecule has 0 fully saturated rings. The Labute approximate surface area is 155 Å². The first-order valence-corrected chi connectivity index (χ1v) is 8.35. The van der Waals surface area contributed by atoms with Crippen molar-refractivity contribution in [1.29, 1.82) is 15.8 Å². The Morgan fingerprint density at radius 1 is 1.20 bits per heavy atom. The van der Waals surface area contributed by atoms with Crippen molar-refractivity contribution in [3.63, 3.8) is 0 Å². The molecule has 2 atom stereocenters. The average Bonchev–Trinajstić information content (AvgIpc) is 2.64. The normalized spacial score (nSPS) is 24.4. The van der Waals surface area contributed by atoms with Gasteiger partial charge in [0.15, 0.2) is 5.41 Å². The largest absolute Gasteiger partial charge is 0.399 e. The van der Waals surface area contributed by atoms with Gasteiger partial charge in [-0.15, -0.1) is 0 Å². The van der Waals surface area contributed by atoms with Gasteiger partial charge in [-0.2, -0.15) is 15.8 Å². The maximum atomic E-state index is 9.90. The molecule has 2 aliphatic rings. The van der Waals surface area contributed by atoms with Crippen molar-refractivity contribution in [2.24, 2.45) is 17.1 Å². The summed E-state index contributed by atoms with van der Waals surface area (Å²) in [5.41, 5.74) is 6.01. The van der Waals surface area contributed by atoms with Gasteiger partial charge in [-0.1, -0.05) is 41.4 Å². The van der Waals surface area contributed by atoms with Crippen LogP contribution >= 0.6 is 23.2 Å². The van der Waals surface area contributed by atoms with Gasteiger partial charge in [0.1, 0.15) is 6.07 Å². The second-order valence-corrected chi connectivity index (χ2v) is 6.76. The highest BCUT2D eigenvalue weighted by molar-refractivity contribution is 6.42. The van der Waals surface area contributed by atoms with E-state index < -0.39 is 11.3 Å². The molecule has 1 aromatic carbocycles. The fourth-order valence-electron chi connectivity index (χ4n) is 3.71. The van der Waals surface area contributed by atoms with Crippen LogP contribution in [-0.4, -0.2) is 13.1 Å². The predicted molar refractivity (Wildman–Crippen MR) is 94.1 cm³/mol. The standard InChI is InChI=1S/C18H13Cl2N5/c19-14-3-1-2-11(16(14)20)15-13-7-25-5-4-10(13)12(6-21)17(24)18(15,8-22)9-23/h1-4,13,15,25H,5,7,24H2/t13-,15-/m1/s1. The van der Waals surface area contributed by atoms with E-state index in [1.54, 1.807) is 18.2 Å². The van der Waals surface area contributed by atoms with Crippen molar-refractivity contribution in [3.05, 3.63) is 56.7 Å². The number of nitrogens with zero attached hydrogens (tertiary/aromatic N) is 3. The van der Waals surface area contributed by atoms with E-state index in [4.69, 9.17) is 28.9 Å². The Morgan fingerprint density at radius 3 is 2.56 bits per heavy atom. The van der Waals surface area contributed by atoms with Gasteiger partial charge in [0.25, 0.3) is 0 Å². The molecule has 0 unspecified atom stereocenters. The number of nitrogens with one attached hydrogen (secondary N) is 1. The van der Waals surface area contributed by atoms with Gasteiger partial charge in [-0.25, -0.2) is 0 Å². The zero-order valence-corrected chi connectivity index (χ0v) is 14.6. The minimum atomic E-state index is -1.69. The molecule has 124 valence electrons. The molecule has 3 N–H and O–H groups in total. The molecule has 0 saturated heterocycles. The third kappa shape index (κ3) is 2.39. The van der Waals surface area contributed by atoms with Crippen LogP contribution in [0.25, 0.3) is 0 Å². The highest BCUT2D eigenvalue weighted by Gasteiger charge is 2.54. The fourth-order valence-corrected chi connectivity index (χ4v) is 4.13. The molecule has 0 saturated carbocycles. The zero-order chi connectivity index (χ0) is 18.2. The minimum Gasteiger partial charge on any atom is -0.399 e. The second kappa shape index (κ2) is 6.43. The van der Waals surface area contributed by atoms with E-state index in [0.29, 0.717) is 28.7 Å². The molecule has 0 bridgehead atoms. The summed E-state index contributed by atoms with van der Waals surface area (Å²) in [7, 11) is 0. The van der Waals surface area contributed by atoms with Crippen LogP contribution in [-0.2, 0) is 0 Å². The predicted octanol–water partition coefficient (Wildman–Crippen LogP) is 3.01. The summed E-state index contributed by atoms with van der Waals surface area (Å²) in [5.74, 6) is -0.921. The van der Waals surface area contributed by atoms with Crippen LogP contribution in [0.5, 0.6) is 0 Å². The lowest BCUT2D eigenvalue weighted by molar-refractivity contribution is 0.328. The molecule has 5 nitrogen and oxygen atoms in total. The molecule has 0 radical (unpaired) electrons. The van der Waals surface area contributed by atoms with Crippen LogP contribution < -0.4 is 11.1 Å². The van der Waals surface area contributed by atoms with Crippen LogP contribution in [0, 0.1) is 45.3 Å². The molecule has 1 aromatic rings. The molecule has 1 aliphatic heterocycles. The number of nitrogens with two attached hydrogens (primary N) is 1. The van der Waals surface area contributed by atoms with Crippen LogP contribution in [0.15, 0.2) is 41.1 Å². The fraction of sp³-hybridized carbons (Fsp3) is 0.278. The summed E-state index contributed by atoms with van der Waals surface area (Å²) in [5, 5.41) is 33.2. The number of halogens is 2. The Morgan fingerprint density at radius 2 is 1.92 bits per heavy atom. The van der Waals surface area contributed by atoms with Gasteiger partial charge < -0.3 is 11.1 Å². The zero-order valence-electron chi connectivity index (χ0n) is 13.1. The minimum absolute atomic E-state index is 0.0227. The lowest BCUT2D eigenvalue weighted by atomic mass is 9.58. The Hall–Kier alpha value is -2.49. The molecule has 1 aliphatic carbocycles. The van der Waals surface area contributed by atoms with Crippen molar-refractivity contribution in [2.45, 2.75) is 5.92 Å². The van der Waals surface area contributed by atoms with E-state index in [1.165, 1.54) is 0 Å². The number of fused-ring (bicyclic) bond motifs is 1. The van der Waals surface area contributed by atoms with Crippen LogP contribution in [0.4, 0.5) is 0 Å². The van der Waals surface area contributed by atoms with E-state index in [-0.39, 0.29) is 17.2 Å². The van der Waals surface area contributed by atoms with Crippen LogP contribution in [0.3, 0.4) is 0 Å². The Kier molecular flexibility index (Phi) is 4.46. The van der Waals surface area contributed by atoms with Gasteiger partial charge >= 0.3 is 0 Å². The maximum absolute atomic E-state index is 9.90. The summed E-state index contributed by atoms with van der Waals surface area (Å²) in [6, 6.07) is 11.3.